The van der Waals surface area contributed by atoms with Crippen LogP contribution in [0.3, 0.4) is 0 Å². The predicted molar refractivity (Wildman–Crippen MR) is 85.1 cm³/mol. The molecule has 1 heterocycles. The maximum Gasteiger partial charge on any atom is 0.413 e. The van der Waals surface area contributed by atoms with Gasteiger partial charge in [0.1, 0.15) is 5.01 Å². The molecule has 0 atom stereocenters. The molecule has 0 radical (unpaired) electrons. The monoisotopic (exact) mass is 303 g/mol. The largest absolute Gasteiger partial charge is 0.449 e. The molecule has 2 rings (SSSR count). The van der Waals surface area contributed by atoms with E-state index >= 15 is 0 Å². The highest BCUT2D eigenvalue weighted by atomic mass is 32.1. The van der Waals surface area contributed by atoms with Gasteiger partial charge in [0.2, 0.25) is 5.13 Å². The van der Waals surface area contributed by atoms with Crippen molar-refractivity contribution < 1.29 is 9.53 Å². The first kappa shape index (κ1) is 15.2. The zero-order chi connectivity index (χ0) is 15.1. The van der Waals surface area contributed by atoms with Crippen molar-refractivity contribution in [2.75, 3.05) is 11.9 Å². The molecule has 1 amide bonds. The molecule has 0 aliphatic carbocycles. The highest BCUT2D eigenvalue weighted by Crippen LogP contribution is 2.18. The van der Waals surface area contributed by atoms with Crippen LogP contribution in [0.25, 0.3) is 12.2 Å². The number of hydrogen-bond acceptors (Lipinski definition) is 5. The Bertz CT molecular complexity index is 608. The number of amides is 1. The van der Waals surface area contributed by atoms with Crippen molar-refractivity contribution >= 4 is 34.7 Å². The Morgan fingerprint density at radius 3 is 2.76 bits per heavy atom. The molecule has 21 heavy (non-hydrogen) atoms. The van der Waals surface area contributed by atoms with Crippen molar-refractivity contribution in [3.05, 3.63) is 40.9 Å². The Labute approximate surface area is 127 Å². The third-order valence-corrected chi connectivity index (χ3v) is 3.22. The molecule has 1 N–H and O–H groups in total. The van der Waals surface area contributed by atoms with Crippen LogP contribution in [0.5, 0.6) is 0 Å². The normalized spacial score (nSPS) is 11.0. The molecule has 1 aromatic heterocycles. The summed E-state index contributed by atoms with van der Waals surface area (Å²) in [5, 5.41) is 11.6. The number of carbonyl (C=O) groups is 1. The van der Waals surface area contributed by atoms with E-state index in [0.717, 1.165) is 10.6 Å². The fourth-order valence-electron chi connectivity index (χ4n) is 1.45. The number of anilines is 1. The zero-order valence-electron chi connectivity index (χ0n) is 11.9. The number of nitrogens with zero attached hydrogens (tertiary/aromatic N) is 2. The van der Waals surface area contributed by atoms with Crippen LogP contribution in [0.4, 0.5) is 9.93 Å². The van der Waals surface area contributed by atoms with Crippen molar-refractivity contribution in [3.63, 3.8) is 0 Å². The number of benzene rings is 1. The van der Waals surface area contributed by atoms with Crippen LogP contribution in [0, 0.1) is 5.92 Å². The van der Waals surface area contributed by atoms with Crippen LogP contribution >= 0.6 is 11.3 Å². The van der Waals surface area contributed by atoms with Gasteiger partial charge in [-0.05, 0) is 17.6 Å². The zero-order valence-corrected chi connectivity index (χ0v) is 12.8. The molecule has 2 aromatic rings. The maximum absolute atomic E-state index is 11.5. The van der Waals surface area contributed by atoms with Gasteiger partial charge in [-0.2, -0.15) is 0 Å². The molecule has 0 saturated carbocycles. The van der Waals surface area contributed by atoms with Crippen molar-refractivity contribution in [1.82, 2.24) is 10.2 Å². The predicted octanol–water partition coefficient (Wildman–Crippen LogP) is 3.91. The topological polar surface area (TPSA) is 64.1 Å². The van der Waals surface area contributed by atoms with E-state index in [1.54, 1.807) is 0 Å². The van der Waals surface area contributed by atoms with Crippen LogP contribution in [0.2, 0.25) is 0 Å². The van der Waals surface area contributed by atoms with Crippen molar-refractivity contribution in [3.8, 4) is 0 Å². The van der Waals surface area contributed by atoms with Crippen LogP contribution < -0.4 is 5.32 Å². The van der Waals surface area contributed by atoms with Gasteiger partial charge in [0.25, 0.3) is 0 Å². The summed E-state index contributed by atoms with van der Waals surface area (Å²) in [7, 11) is 0. The van der Waals surface area contributed by atoms with E-state index in [4.69, 9.17) is 4.74 Å². The average molecular weight is 303 g/mol. The number of aromatic nitrogens is 2. The molecule has 0 saturated heterocycles. The summed E-state index contributed by atoms with van der Waals surface area (Å²) < 4.78 is 5.02. The number of hydrogen-bond donors (Lipinski definition) is 1. The standard InChI is InChI=1S/C15H17N3O2S/c1-11(2)10-20-15(19)16-14-18-17-13(21-14)9-8-12-6-4-3-5-7-12/h3-9,11H,10H2,1-2H3,(H,16,18,19)/b9-8+. The van der Waals surface area contributed by atoms with Gasteiger partial charge in [-0.1, -0.05) is 61.6 Å². The third kappa shape index (κ3) is 5.35. The fourth-order valence-corrected chi connectivity index (χ4v) is 2.08. The summed E-state index contributed by atoms with van der Waals surface area (Å²) in [6.07, 6.45) is 3.30. The highest BCUT2D eigenvalue weighted by Gasteiger charge is 2.08. The summed E-state index contributed by atoms with van der Waals surface area (Å²) in [6.45, 7) is 4.33. The number of ether oxygens (including phenoxy) is 1. The summed E-state index contributed by atoms with van der Waals surface area (Å²) in [4.78, 5) is 11.5. The highest BCUT2D eigenvalue weighted by molar-refractivity contribution is 7.16. The molecule has 5 nitrogen and oxygen atoms in total. The maximum atomic E-state index is 11.5. The van der Waals surface area contributed by atoms with E-state index in [9.17, 15) is 4.79 Å². The second-order valence-corrected chi connectivity index (χ2v) is 5.82. The molecule has 0 unspecified atom stereocenters. The molecule has 110 valence electrons. The minimum absolute atomic E-state index is 0.300. The first-order valence-electron chi connectivity index (χ1n) is 6.64. The molecule has 0 aliphatic heterocycles. The van der Waals surface area contributed by atoms with Crippen LogP contribution in [-0.2, 0) is 4.74 Å². The van der Waals surface area contributed by atoms with Crippen LogP contribution in [-0.4, -0.2) is 22.9 Å². The summed E-state index contributed by atoms with van der Waals surface area (Å²) in [5.74, 6) is 0.300. The van der Waals surface area contributed by atoms with Crippen molar-refractivity contribution in [2.45, 2.75) is 13.8 Å². The van der Waals surface area contributed by atoms with Crippen LogP contribution in [0.15, 0.2) is 30.3 Å². The molecular formula is C15H17N3O2S. The second-order valence-electron chi connectivity index (χ2n) is 4.81. The average Bonchev–Trinajstić information content (AvgIpc) is 2.91. The second kappa shape index (κ2) is 7.54. The lowest BCUT2D eigenvalue weighted by Crippen LogP contribution is -2.16. The lowest BCUT2D eigenvalue weighted by atomic mass is 10.2. The summed E-state index contributed by atoms with van der Waals surface area (Å²) in [6, 6.07) is 9.90. The minimum Gasteiger partial charge on any atom is -0.449 e. The van der Waals surface area contributed by atoms with Crippen molar-refractivity contribution in [2.24, 2.45) is 5.92 Å². The summed E-state index contributed by atoms with van der Waals surface area (Å²) in [5.41, 5.74) is 1.08. The quantitative estimate of drug-likeness (QED) is 0.909. The first-order chi connectivity index (χ1) is 10.1. The number of nitrogens with one attached hydrogen (secondary N) is 1. The molecule has 0 bridgehead atoms. The lowest BCUT2D eigenvalue weighted by Gasteiger charge is -2.06. The Hall–Kier alpha value is -2.21. The van der Waals surface area contributed by atoms with Gasteiger partial charge in [-0.15, -0.1) is 10.2 Å². The van der Waals surface area contributed by atoms with E-state index in [0.29, 0.717) is 17.7 Å². The van der Waals surface area contributed by atoms with Crippen LogP contribution in [0.1, 0.15) is 24.4 Å². The summed E-state index contributed by atoms with van der Waals surface area (Å²) >= 11 is 1.29. The molecule has 0 fully saturated rings. The van der Waals surface area contributed by atoms with Gasteiger partial charge in [-0.3, -0.25) is 5.32 Å². The minimum atomic E-state index is -0.501. The van der Waals surface area contributed by atoms with Gasteiger partial charge >= 0.3 is 6.09 Å². The molecule has 0 aliphatic rings. The smallest absolute Gasteiger partial charge is 0.413 e. The SMILES string of the molecule is CC(C)COC(=O)Nc1nnc(/C=C/c2ccccc2)s1. The van der Waals surface area contributed by atoms with Gasteiger partial charge in [-0.25, -0.2) is 4.79 Å². The van der Waals surface area contributed by atoms with E-state index < -0.39 is 6.09 Å². The van der Waals surface area contributed by atoms with Gasteiger partial charge in [0, 0.05) is 0 Å². The van der Waals surface area contributed by atoms with Gasteiger partial charge in [0.15, 0.2) is 0 Å². The van der Waals surface area contributed by atoms with E-state index in [2.05, 4.69) is 15.5 Å². The van der Waals surface area contributed by atoms with E-state index in [-0.39, 0.29) is 0 Å². The number of carbonyl (C=O) groups excluding carboxylic acids is 1. The Morgan fingerprint density at radius 2 is 2.05 bits per heavy atom. The van der Waals surface area contributed by atoms with E-state index in [1.807, 2.05) is 56.3 Å². The molecule has 0 spiro atoms. The number of rotatable bonds is 5. The Morgan fingerprint density at radius 1 is 1.29 bits per heavy atom. The Balaban J connectivity index is 1.89. The Kier molecular flexibility index (Phi) is 5.45. The third-order valence-electron chi connectivity index (χ3n) is 2.42. The molecule has 6 heteroatoms. The van der Waals surface area contributed by atoms with Gasteiger partial charge in [0.05, 0.1) is 6.61 Å². The van der Waals surface area contributed by atoms with E-state index in [1.165, 1.54) is 11.3 Å². The molecular weight excluding hydrogens is 286 g/mol. The fraction of sp³-hybridized carbons (Fsp3) is 0.267. The lowest BCUT2D eigenvalue weighted by molar-refractivity contribution is 0.147. The van der Waals surface area contributed by atoms with Gasteiger partial charge < -0.3 is 4.74 Å². The molecule has 1 aromatic carbocycles. The first-order valence-corrected chi connectivity index (χ1v) is 7.45. The van der Waals surface area contributed by atoms with Crippen molar-refractivity contribution in [1.29, 1.82) is 0 Å².